The Kier molecular flexibility index (Phi) is 4.70. The molecule has 0 spiro atoms. The van der Waals surface area contributed by atoms with Crippen LogP contribution in [0, 0.1) is 5.92 Å². The van der Waals surface area contributed by atoms with Crippen molar-refractivity contribution in [1.29, 1.82) is 0 Å². The topological polar surface area (TPSA) is 68.0 Å². The number of nitrogens with zero attached hydrogens (tertiary/aromatic N) is 1. The van der Waals surface area contributed by atoms with E-state index in [1.807, 2.05) is 12.1 Å². The van der Waals surface area contributed by atoms with Crippen LogP contribution in [-0.2, 0) is 11.3 Å². The molecule has 0 saturated heterocycles. The number of carbonyl (C=O) groups is 1. The van der Waals surface area contributed by atoms with E-state index in [9.17, 15) is 4.79 Å². The van der Waals surface area contributed by atoms with Crippen LogP contribution in [0.4, 0.5) is 0 Å². The number of carbonyl (C=O) groups excluding carboxylic acids is 1. The quantitative estimate of drug-likeness (QED) is 0.849. The molecule has 1 aliphatic carbocycles. The Bertz CT molecular complexity index is 380. The van der Waals surface area contributed by atoms with Crippen LogP contribution in [0.25, 0.3) is 0 Å². The fourth-order valence-corrected chi connectivity index (χ4v) is 2.50. The van der Waals surface area contributed by atoms with Crippen molar-refractivity contribution in [1.82, 2.24) is 10.3 Å². The SMILES string of the molecule is NC1CCCCC1CC(=O)NCc1cccnc1. The third kappa shape index (κ3) is 3.81. The third-order valence-corrected chi connectivity index (χ3v) is 3.63. The maximum Gasteiger partial charge on any atom is 0.220 e. The molecule has 1 fully saturated rings. The lowest BCUT2D eigenvalue weighted by atomic mass is 9.83. The van der Waals surface area contributed by atoms with Crippen LogP contribution >= 0.6 is 0 Å². The number of amides is 1. The van der Waals surface area contributed by atoms with Gasteiger partial charge >= 0.3 is 0 Å². The lowest BCUT2D eigenvalue weighted by Gasteiger charge is -2.27. The van der Waals surface area contributed by atoms with Crippen LogP contribution in [-0.4, -0.2) is 16.9 Å². The Hall–Kier alpha value is -1.42. The van der Waals surface area contributed by atoms with Crippen LogP contribution in [0.2, 0.25) is 0 Å². The third-order valence-electron chi connectivity index (χ3n) is 3.63. The molecule has 1 heterocycles. The Morgan fingerprint density at radius 2 is 2.28 bits per heavy atom. The Labute approximate surface area is 108 Å². The maximum atomic E-state index is 11.8. The summed E-state index contributed by atoms with van der Waals surface area (Å²) in [6, 6.07) is 4.03. The molecule has 98 valence electrons. The van der Waals surface area contributed by atoms with Gasteiger partial charge in [0.25, 0.3) is 0 Å². The number of hydrogen-bond donors (Lipinski definition) is 2. The van der Waals surface area contributed by atoms with Crippen LogP contribution < -0.4 is 11.1 Å². The molecule has 4 nitrogen and oxygen atoms in total. The van der Waals surface area contributed by atoms with E-state index >= 15 is 0 Å². The van der Waals surface area contributed by atoms with Crippen molar-refractivity contribution >= 4 is 5.91 Å². The van der Waals surface area contributed by atoms with Gasteiger partial charge in [-0.1, -0.05) is 18.9 Å². The number of rotatable bonds is 4. The van der Waals surface area contributed by atoms with Crippen molar-refractivity contribution in [3.8, 4) is 0 Å². The van der Waals surface area contributed by atoms with Gasteiger partial charge in [0.15, 0.2) is 0 Å². The predicted molar refractivity (Wildman–Crippen MR) is 70.6 cm³/mol. The Morgan fingerprint density at radius 3 is 3.00 bits per heavy atom. The van der Waals surface area contributed by atoms with Crippen molar-refractivity contribution in [3.63, 3.8) is 0 Å². The molecule has 1 saturated carbocycles. The summed E-state index contributed by atoms with van der Waals surface area (Å²) in [6.07, 6.45) is 8.60. The normalized spacial score (nSPS) is 23.6. The average Bonchev–Trinajstić information content (AvgIpc) is 2.40. The highest BCUT2D eigenvalue weighted by Crippen LogP contribution is 2.25. The molecule has 0 aliphatic heterocycles. The van der Waals surface area contributed by atoms with E-state index in [2.05, 4.69) is 10.3 Å². The molecule has 1 aromatic rings. The highest BCUT2D eigenvalue weighted by Gasteiger charge is 2.23. The van der Waals surface area contributed by atoms with Gasteiger partial charge in [-0.25, -0.2) is 0 Å². The molecule has 1 amide bonds. The zero-order valence-corrected chi connectivity index (χ0v) is 10.6. The molecule has 0 bridgehead atoms. The first-order valence-corrected chi connectivity index (χ1v) is 6.67. The first kappa shape index (κ1) is 13.0. The standard InChI is InChI=1S/C14H21N3O/c15-13-6-2-1-5-12(13)8-14(18)17-10-11-4-3-7-16-9-11/h3-4,7,9,12-13H,1-2,5-6,8,10,15H2,(H,17,18). The second-order valence-electron chi connectivity index (χ2n) is 5.05. The van der Waals surface area contributed by atoms with Crippen molar-refractivity contribution in [2.24, 2.45) is 11.7 Å². The number of pyridine rings is 1. The Morgan fingerprint density at radius 1 is 1.44 bits per heavy atom. The highest BCUT2D eigenvalue weighted by atomic mass is 16.1. The average molecular weight is 247 g/mol. The number of nitrogens with one attached hydrogen (secondary N) is 1. The van der Waals surface area contributed by atoms with E-state index < -0.39 is 0 Å². The van der Waals surface area contributed by atoms with Crippen molar-refractivity contribution in [2.75, 3.05) is 0 Å². The summed E-state index contributed by atoms with van der Waals surface area (Å²) in [5.74, 6) is 0.453. The molecule has 18 heavy (non-hydrogen) atoms. The Balaban J connectivity index is 1.75. The van der Waals surface area contributed by atoms with Gasteiger partial charge in [-0.05, 0) is 30.4 Å². The minimum atomic E-state index is 0.0983. The molecule has 2 unspecified atom stereocenters. The molecule has 2 rings (SSSR count). The fraction of sp³-hybridized carbons (Fsp3) is 0.571. The van der Waals surface area contributed by atoms with Crippen LogP contribution in [0.3, 0.4) is 0 Å². The van der Waals surface area contributed by atoms with E-state index in [0.29, 0.717) is 18.9 Å². The van der Waals surface area contributed by atoms with Crippen LogP contribution in [0.15, 0.2) is 24.5 Å². The summed E-state index contributed by atoms with van der Waals surface area (Å²) < 4.78 is 0. The lowest BCUT2D eigenvalue weighted by molar-refractivity contribution is -0.122. The minimum absolute atomic E-state index is 0.0983. The molecule has 0 radical (unpaired) electrons. The van der Waals surface area contributed by atoms with Gasteiger partial charge in [-0.3, -0.25) is 9.78 Å². The largest absolute Gasteiger partial charge is 0.352 e. The minimum Gasteiger partial charge on any atom is -0.352 e. The lowest BCUT2D eigenvalue weighted by Crippen LogP contribution is -2.36. The molecule has 0 aromatic carbocycles. The van der Waals surface area contributed by atoms with Gasteiger partial charge in [-0.2, -0.15) is 0 Å². The summed E-state index contributed by atoms with van der Waals surface area (Å²) in [7, 11) is 0. The number of aromatic nitrogens is 1. The van der Waals surface area contributed by atoms with Gasteiger partial charge in [0.2, 0.25) is 5.91 Å². The van der Waals surface area contributed by atoms with Gasteiger partial charge in [0, 0.05) is 31.4 Å². The van der Waals surface area contributed by atoms with Crippen LogP contribution in [0.1, 0.15) is 37.7 Å². The molecular weight excluding hydrogens is 226 g/mol. The van der Waals surface area contributed by atoms with Crippen molar-refractivity contribution in [2.45, 2.75) is 44.7 Å². The summed E-state index contributed by atoms with van der Waals surface area (Å²) in [4.78, 5) is 15.9. The summed E-state index contributed by atoms with van der Waals surface area (Å²) in [5, 5.41) is 2.93. The monoisotopic (exact) mass is 247 g/mol. The summed E-state index contributed by atoms with van der Waals surface area (Å²) in [5.41, 5.74) is 7.07. The number of nitrogens with two attached hydrogens (primary N) is 1. The molecule has 2 atom stereocenters. The maximum absolute atomic E-state index is 11.8. The molecular formula is C14H21N3O. The second kappa shape index (κ2) is 6.50. The smallest absolute Gasteiger partial charge is 0.220 e. The summed E-state index contributed by atoms with van der Waals surface area (Å²) in [6.45, 7) is 0.550. The molecule has 1 aliphatic rings. The first-order chi connectivity index (χ1) is 8.75. The van der Waals surface area contributed by atoms with E-state index in [1.54, 1.807) is 12.4 Å². The van der Waals surface area contributed by atoms with Crippen molar-refractivity contribution < 1.29 is 4.79 Å². The number of hydrogen-bond acceptors (Lipinski definition) is 3. The van der Waals surface area contributed by atoms with Gasteiger partial charge in [0.05, 0.1) is 0 Å². The van der Waals surface area contributed by atoms with Crippen LogP contribution in [0.5, 0.6) is 0 Å². The predicted octanol–water partition coefficient (Wildman–Crippen LogP) is 1.61. The summed E-state index contributed by atoms with van der Waals surface area (Å²) >= 11 is 0. The van der Waals surface area contributed by atoms with E-state index in [1.165, 1.54) is 12.8 Å². The van der Waals surface area contributed by atoms with Gasteiger partial charge < -0.3 is 11.1 Å². The van der Waals surface area contributed by atoms with E-state index in [0.717, 1.165) is 18.4 Å². The zero-order valence-electron chi connectivity index (χ0n) is 10.6. The first-order valence-electron chi connectivity index (χ1n) is 6.67. The molecule has 4 heteroatoms. The molecule has 3 N–H and O–H groups in total. The highest BCUT2D eigenvalue weighted by molar-refractivity contribution is 5.76. The van der Waals surface area contributed by atoms with E-state index in [4.69, 9.17) is 5.73 Å². The van der Waals surface area contributed by atoms with E-state index in [-0.39, 0.29) is 11.9 Å². The zero-order chi connectivity index (χ0) is 12.8. The molecule has 1 aromatic heterocycles. The van der Waals surface area contributed by atoms with Gasteiger partial charge in [0.1, 0.15) is 0 Å². The second-order valence-corrected chi connectivity index (χ2v) is 5.05. The van der Waals surface area contributed by atoms with Gasteiger partial charge in [-0.15, -0.1) is 0 Å². The van der Waals surface area contributed by atoms with Crippen molar-refractivity contribution in [3.05, 3.63) is 30.1 Å². The fourth-order valence-electron chi connectivity index (χ4n) is 2.50.